The third kappa shape index (κ3) is 6.67. The van der Waals surface area contributed by atoms with Gasteiger partial charge >= 0.3 is 0 Å². The van der Waals surface area contributed by atoms with Crippen molar-refractivity contribution in [3.05, 3.63) is 29.8 Å². The van der Waals surface area contributed by atoms with E-state index < -0.39 is 0 Å². The third-order valence-electron chi connectivity index (χ3n) is 3.02. The molecule has 0 bridgehead atoms. The molecule has 3 heteroatoms. The highest BCUT2D eigenvalue weighted by Crippen LogP contribution is 2.21. The molecule has 0 fully saturated rings. The normalized spacial score (nSPS) is 10.7. The molecule has 0 saturated carbocycles. The van der Waals surface area contributed by atoms with Crippen LogP contribution < -0.4 is 5.32 Å². The van der Waals surface area contributed by atoms with Crippen molar-refractivity contribution in [2.24, 2.45) is 0 Å². The number of carbonyl (C=O) groups is 1. The second-order valence-electron chi connectivity index (χ2n) is 5.07. The zero-order valence-corrected chi connectivity index (χ0v) is 13.1. The molecule has 0 aromatic heterocycles. The molecule has 0 atom stereocenters. The highest BCUT2D eigenvalue weighted by Gasteiger charge is 2.03. The van der Waals surface area contributed by atoms with Gasteiger partial charge in [-0.05, 0) is 30.0 Å². The molecule has 19 heavy (non-hydrogen) atoms. The lowest BCUT2D eigenvalue weighted by Gasteiger charge is -2.07. The molecule has 0 heterocycles. The van der Waals surface area contributed by atoms with E-state index in [1.807, 2.05) is 0 Å². The fourth-order valence-corrected chi connectivity index (χ4v) is 2.48. The topological polar surface area (TPSA) is 29.1 Å². The maximum absolute atomic E-state index is 11.6. The molecule has 0 unspecified atom stereocenters. The molecule has 1 N–H and O–H groups in total. The fourth-order valence-electron chi connectivity index (χ4n) is 1.75. The lowest BCUT2D eigenvalue weighted by Crippen LogP contribution is -2.26. The minimum Gasteiger partial charge on any atom is -0.355 e. The largest absolute Gasteiger partial charge is 0.355 e. The molecule has 106 valence electrons. The molecule has 1 aromatic rings. The van der Waals surface area contributed by atoms with Gasteiger partial charge in [0.2, 0.25) is 5.91 Å². The van der Waals surface area contributed by atoms with Gasteiger partial charge in [-0.15, -0.1) is 11.8 Å². The van der Waals surface area contributed by atoms with Crippen LogP contribution in [0.3, 0.4) is 0 Å². The number of nitrogens with one attached hydrogen (secondary N) is 1. The number of rotatable bonds is 8. The molecular formula is C16H25NOS. The molecule has 0 aliphatic carbocycles. The van der Waals surface area contributed by atoms with Crippen molar-refractivity contribution in [3.63, 3.8) is 0 Å². The summed E-state index contributed by atoms with van der Waals surface area (Å²) in [6.07, 6.45) is 3.45. The summed E-state index contributed by atoms with van der Waals surface area (Å²) >= 11 is 1.60. The number of carbonyl (C=O) groups excluding carboxylic acids is 1. The number of hydrogen-bond donors (Lipinski definition) is 1. The summed E-state index contributed by atoms with van der Waals surface area (Å²) in [6, 6.07) is 8.49. The quantitative estimate of drug-likeness (QED) is 0.570. The Morgan fingerprint density at radius 1 is 1.21 bits per heavy atom. The van der Waals surface area contributed by atoms with Crippen molar-refractivity contribution in [1.29, 1.82) is 0 Å². The van der Waals surface area contributed by atoms with E-state index in [1.54, 1.807) is 11.8 Å². The Bertz CT molecular complexity index is 373. The van der Waals surface area contributed by atoms with Gasteiger partial charge in [0.15, 0.2) is 0 Å². The molecule has 0 saturated heterocycles. The summed E-state index contributed by atoms with van der Waals surface area (Å²) in [5, 5.41) is 2.96. The second kappa shape index (κ2) is 9.03. The van der Waals surface area contributed by atoms with E-state index in [9.17, 15) is 4.79 Å². The van der Waals surface area contributed by atoms with Gasteiger partial charge in [-0.25, -0.2) is 0 Å². The standard InChI is InChI=1S/C16H25NOS/c1-4-5-6-11-17-16(18)12-19-15-9-7-14(8-10-15)13(2)3/h7-10,13H,4-6,11-12H2,1-3H3,(H,17,18). The zero-order chi connectivity index (χ0) is 14.1. The minimum absolute atomic E-state index is 0.133. The van der Waals surface area contributed by atoms with Gasteiger partial charge in [-0.1, -0.05) is 45.7 Å². The molecule has 0 spiro atoms. The zero-order valence-electron chi connectivity index (χ0n) is 12.2. The molecular weight excluding hydrogens is 254 g/mol. The minimum atomic E-state index is 0.133. The fraction of sp³-hybridized carbons (Fsp3) is 0.562. The van der Waals surface area contributed by atoms with Crippen LogP contribution in [0.25, 0.3) is 0 Å². The Hall–Kier alpha value is -0.960. The monoisotopic (exact) mass is 279 g/mol. The molecule has 0 radical (unpaired) electrons. The van der Waals surface area contributed by atoms with E-state index in [0.29, 0.717) is 11.7 Å². The average molecular weight is 279 g/mol. The van der Waals surface area contributed by atoms with Gasteiger partial charge in [-0.2, -0.15) is 0 Å². The highest BCUT2D eigenvalue weighted by atomic mass is 32.2. The summed E-state index contributed by atoms with van der Waals surface area (Å²) in [5.41, 5.74) is 1.34. The van der Waals surface area contributed by atoms with Gasteiger partial charge < -0.3 is 5.32 Å². The van der Waals surface area contributed by atoms with Crippen LogP contribution in [0.4, 0.5) is 0 Å². The molecule has 1 rings (SSSR count). The van der Waals surface area contributed by atoms with Crippen LogP contribution in [0, 0.1) is 0 Å². The Balaban J connectivity index is 2.26. The van der Waals surface area contributed by atoms with Crippen LogP contribution in [-0.2, 0) is 4.79 Å². The van der Waals surface area contributed by atoms with Crippen LogP contribution in [0.15, 0.2) is 29.2 Å². The lowest BCUT2D eigenvalue weighted by molar-refractivity contribution is -0.118. The van der Waals surface area contributed by atoms with Crippen molar-refractivity contribution in [2.45, 2.75) is 50.8 Å². The Kier molecular flexibility index (Phi) is 7.65. The summed E-state index contributed by atoms with van der Waals surface area (Å²) in [7, 11) is 0. The van der Waals surface area contributed by atoms with Crippen LogP contribution >= 0.6 is 11.8 Å². The van der Waals surface area contributed by atoms with Crippen LogP contribution in [0.5, 0.6) is 0 Å². The lowest BCUT2D eigenvalue weighted by atomic mass is 10.0. The summed E-state index contributed by atoms with van der Waals surface area (Å²) in [6.45, 7) is 7.34. The number of hydrogen-bond acceptors (Lipinski definition) is 2. The summed E-state index contributed by atoms with van der Waals surface area (Å²) in [4.78, 5) is 12.8. The SMILES string of the molecule is CCCCCNC(=O)CSc1ccc(C(C)C)cc1. The first kappa shape index (κ1) is 16.1. The first-order valence-electron chi connectivity index (χ1n) is 7.13. The molecule has 1 amide bonds. The molecule has 2 nitrogen and oxygen atoms in total. The summed E-state index contributed by atoms with van der Waals surface area (Å²) in [5.74, 6) is 1.20. The molecule has 0 aliphatic rings. The van der Waals surface area contributed by atoms with Crippen molar-refractivity contribution in [3.8, 4) is 0 Å². The number of thioether (sulfide) groups is 1. The van der Waals surface area contributed by atoms with Crippen molar-refractivity contribution >= 4 is 17.7 Å². The predicted molar refractivity (Wildman–Crippen MR) is 83.8 cm³/mol. The maximum Gasteiger partial charge on any atom is 0.230 e. The highest BCUT2D eigenvalue weighted by molar-refractivity contribution is 8.00. The Morgan fingerprint density at radius 2 is 1.89 bits per heavy atom. The van der Waals surface area contributed by atoms with E-state index in [1.165, 1.54) is 18.4 Å². The second-order valence-corrected chi connectivity index (χ2v) is 6.12. The number of amides is 1. The number of benzene rings is 1. The molecule has 0 aliphatic heterocycles. The maximum atomic E-state index is 11.6. The van der Waals surface area contributed by atoms with Gasteiger partial charge in [0.25, 0.3) is 0 Å². The van der Waals surface area contributed by atoms with E-state index in [4.69, 9.17) is 0 Å². The van der Waals surface area contributed by atoms with Gasteiger partial charge in [0, 0.05) is 11.4 Å². The van der Waals surface area contributed by atoms with Crippen molar-refractivity contribution in [2.75, 3.05) is 12.3 Å². The predicted octanol–water partition coefficient (Wildman–Crippen LogP) is 4.21. The Morgan fingerprint density at radius 3 is 2.47 bits per heavy atom. The van der Waals surface area contributed by atoms with Crippen LogP contribution in [0.1, 0.15) is 51.5 Å². The van der Waals surface area contributed by atoms with E-state index in [2.05, 4.69) is 50.4 Å². The van der Waals surface area contributed by atoms with E-state index in [0.717, 1.165) is 17.9 Å². The van der Waals surface area contributed by atoms with Gasteiger partial charge in [-0.3, -0.25) is 4.79 Å². The van der Waals surface area contributed by atoms with Gasteiger partial charge in [0.05, 0.1) is 5.75 Å². The van der Waals surface area contributed by atoms with Gasteiger partial charge in [0.1, 0.15) is 0 Å². The van der Waals surface area contributed by atoms with Crippen LogP contribution in [0.2, 0.25) is 0 Å². The van der Waals surface area contributed by atoms with Crippen molar-refractivity contribution < 1.29 is 4.79 Å². The van der Waals surface area contributed by atoms with Crippen LogP contribution in [-0.4, -0.2) is 18.2 Å². The van der Waals surface area contributed by atoms with Crippen molar-refractivity contribution in [1.82, 2.24) is 5.32 Å². The number of unbranched alkanes of at least 4 members (excludes halogenated alkanes) is 2. The van der Waals surface area contributed by atoms with E-state index >= 15 is 0 Å². The smallest absolute Gasteiger partial charge is 0.230 e. The molecule has 1 aromatic carbocycles. The third-order valence-corrected chi connectivity index (χ3v) is 4.03. The van der Waals surface area contributed by atoms with E-state index in [-0.39, 0.29) is 5.91 Å². The first-order chi connectivity index (χ1) is 9.13. The summed E-state index contributed by atoms with van der Waals surface area (Å²) < 4.78 is 0. The average Bonchev–Trinajstić information content (AvgIpc) is 2.42. The Labute approximate surface area is 121 Å². The first-order valence-corrected chi connectivity index (χ1v) is 8.11.